The van der Waals surface area contributed by atoms with Crippen LogP contribution in [0.15, 0.2) is 33.8 Å². The molecule has 1 atom stereocenters. The van der Waals surface area contributed by atoms with Crippen molar-refractivity contribution in [2.24, 2.45) is 10.3 Å². The first-order chi connectivity index (χ1) is 17.2. The Morgan fingerprint density at radius 1 is 1.14 bits per heavy atom. The van der Waals surface area contributed by atoms with Gasteiger partial charge < -0.3 is 9.74 Å². The molecule has 36 heavy (non-hydrogen) atoms. The SMILES string of the molecule is O=C(CN1CCC(C(F)(F)F)=N1)N1CCC(c2nc(C3=NOC(c4c(F)cccc4F)C3)cs2)CC1. The van der Waals surface area contributed by atoms with E-state index in [4.69, 9.17) is 4.84 Å². The lowest BCUT2D eigenvalue weighted by Crippen LogP contribution is -2.42. The summed E-state index contributed by atoms with van der Waals surface area (Å²) >= 11 is 1.45. The molecular weight excluding hydrogens is 505 g/mol. The quantitative estimate of drug-likeness (QED) is 0.533. The van der Waals surface area contributed by atoms with E-state index in [0.29, 0.717) is 37.3 Å². The zero-order valence-electron chi connectivity index (χ0n) is 19.0. The highest BCUT2D eigenvalue weighted by Crippen LogP contribution is 2.35. The number of halogens is 5. The maximum atomic E-state index is 14.1. The molecule has 0 saturated carbocycles. The fraction of sp³-hybridized carbons (Fsp3) is 0.478. The van der Waals surface area contributed by atoms with Crippen molar-refractivity contribution >= 4 is 28.7 Å². The van der Waals surface area contributed by atoms with E-state index in [9.17, 15) is 26.7 Å². The van der Waals surface area contributed by atoms with Gasteiger partial charge in [0.15, 0.2) is 6.10 Å². The van der Waals surface area contributed by atoms with Crippen LogP contribution < -0.4 is 0 Å². The van der Waals surface area contributed by atoms with Crippen molar-refractivity contribution in [3.63, 3.8) is 0 Å². The smallest absolute Gasteiger partial charge is 0.387 e. The number of amides is 1. The van der Waals surface area contributed by atoms with E-state index >= 15 is 0 Å². The maximum absolute atomic E-state index is 14.1. The molecule has 2 aromatic rings. The predicted octanol–water partition coefficient (Wildman–Crippen LogP) is 4.62. The molecule has 0 bridgehead atoms. The molecule has 1 amide bonds. The van der Waals surface area contributed by atoms with Crippen LogP contribution in [0.25, 0.3) is 0 Å². The van der Waals surface area contributed by atoms with Crippen molar-refractivity contribution in [1.82, 2.24) is 14.9 Å². The molecule has 192 valence electrons. The third-order valence-corrected chi connectivity index (χ3v) is 7.53. The van der Waals surface area contributed by atoms with E-state index in [1.165, 1.54) is 34.5 Å². The predicted molar refractivity (Wildman–Crippen MR) is 122 cm³/mol. The molecule has 4 heterocycles. The number of nitrogens with zero attached hydrogens (tertiary/aromatic N) is 5. The van der Waals surface area contributed by atoms with Gasteiger partial charge in [-0.15, -0.1) is 11.3 Å². The molecule has 0 spiro atoms. The number of hydrogen-bond donors (Lipinski definition) is 0. The first-order valence-electron chi connectivity index (χ1n) is 11.5. The summed E-state index contributed by atoms with van der Waals surface area (Å²) in [6.07, 6.45) is -3.99. The molecule has 13 heteroatoms. The number of carbonyl (C=O) groups is 1. The summed E-state index contributed by atoms with van der Waals surface area (Å²) < 4.78 is 66.4. The molecule has 7 nitrogen and oxygen atoms in total. The summed E-state index contributed by atoms with van der Waals surface area (Å²) in [5, 5.41) is 11.4. The number of likely N-dealkylation sites (tertiary alicyclic amines) is 1. The van der Waals surface area contributed by atoms with Crippen molar-refractivity contribution in [3.8, 4) is 0 Å². The molecule has 5 rings (SSSR count). The average Bonchev–Trinajstić information content (AvgIpc) is 3.59. The number of rotatable bonds is 5. The zero-order valence-corrected chi connectivity index (χ0v) is 19.8. The molecule has 0 N–H and O–H groups in total. The lowest BCUT2D eigenvalue weighted by Gasteiger charge is -2.32. The molecule has 1 saturated heterocycles. The fourth-order valence-electron chi connectivity index (χ4n) is 4.56. The van der Waals surface area contributed by atoms with Gasteiger partial charge >= 0.3 is 6.18 Å². The largest absolute Gasteiger partial charge is 0.431 e. The van der Waals surface area contributed by atoms with Crippen LogP contribution in [0.5, 0.6) is 0 Å². The lowest BCUT2D eigenvalue weighted by molar-refractivity contribution is -0.133. The highest BCUT2D eigenvalue weighted by atomic mass is 32.1. The third-order valence-electron chi connectivity index (χ3n) is 6.52. The summed E-state index contributed by atoms with van der Waals surface area (Å²) in [6.45, 7) is 0.855. The summed E-state index contributed by atoms with van der Waals surface area (Å²) in [5.41, 5.74) is 0.108. The third kappa shape index (κ3) is 5.06. The molecule has 0 radical (unpaired) electrons. The van der Waals surface area contributed by atoms with Gasteiger partial charge in [0.2, 0.25) is 5.91 Å². The molecule has 3 aliphatic heterocycles. The van der Waals surface area contributed by atoms with Crippen molar-refractivity contribution in [3.05, 3.63) is 51.5 Å². The minimum Gasteiger partial charge on any atom is -0.387 e. The number of oxime groups is 1. The number of alkyl halides is 3. The second-order valence-corrected chi connectivity index (χ2v) is 9.77. The van der Waals surface area contributed by atoms with Crippen LogP contribution in [-0.2, 0) is 9.63 Å². The molecule has 0 aliphatic carbocycles. The molecule has 1 fully saturated rings. The number of hydrazone groups is 1. The minimum absolute atomic E-state index is 0.0803. The Hall–Kier alpha value is -3.09. The summed E-state index contributed by atoms with van der Waals surface area (Å²) in [7, 11) is 0. The average molecular weight is 528 g/mol. The lowest BCUT2D eigenvalue weighted by atomic mass is 9.97. The highest BCUT2D eigenvalue weighted by molar-refractivity contribution is 7.10. The van der Waals surface area contributed by atoms with E-state index in [1.807, 2.05) is 5.38 Å². The number of carbonyl (C=O) groups excluding carboxylic acids is 1. The molecule has 1 unspecified atom stereocenters. The van der Waals surface area contributed by atoms with Gasteiger partial charge in [0, 0.05) is 43.8 Å². The molecule has 3 aliphatic rings. The topological polar surface area (TPSA) is 70.4 Å². The van der Waals surface area contributed by atoms with Crippen LogP contribution >= 0.6 is 11.3 Å². The van der Waals surface area contributed by atoms with Crippen molar-refractivity contribution in [2.45, 2.75) is 43.9 Å². The van der Waals surface area contributed by atoms with Gasteiger partial charge in [0.1, 0.15) is 29.6 Å². The first-order valence-corrected chi connectivity index (χ1v) is 12.4. The van der Waals surface area contributed by atoms with Crippen LogP contribution in [0, 0.1) is 11.6 Å². The number of benzene rings is 1. The van der Waals surface area contributed by atoms with Crippen molar-refractivity contribution in [1.29, 1.82) is 0 Å². The monoisotopic (exact) mass is 527 g/mol. The number of piperidine rings is 1. The second-order valence-electron chi connectivity index (χ2n) is 8.88. The Bertz CT molecular complexity index is 1190. The van der Waals surface area contributed by atoms with Crippen LogP contribution in [0.2, 0.25) is 0 Å². The van der Waals surface area contributed by atoms with Crippen LogP contribution in [-0.4, -0.2) is 64.6 Å². The van der Waals surface area contributed by atoms with Gasteiger partial charge in [0.25, 0.3) is 0 Å². The summed E-state index contributed by atoms with van der Waals surface area (Å²) in [4.78, 5) is 24.2. The van der Waals surface area contributed by atoms with Gasteiger partial charge in [-0.05, 0) is 25.0 Å². The highest BCUT2D eigenvalue weighted by Gasteiger charge is 2.39. The van der Waals surface area contributed by atoms with Crippen LogP contribution in [0.4, 0.5) is 22.0 Å². The maximum Gasteiger partial charge on any atom is 0.431 e. The minimum atomic E-state index is -4.46. The molecule has 1 aromatic carbocycles. The van der Waals surface area contributed by atoms with Crippen LogP contribution in [0.3, 0.4) is 0 Å². The van der Waals surface area contributed by atoms with Gasteiger partial charge in [-0.2, -0.15) is 18.3 Å². The Morgan fingerprint density at radius 3 is 2.53 bits per heavy atom. The molecule has 1 aromatic heterocycles. The van der Waals surface area contributed by atoms with Crippen molar-refractivity contribution < 1.29 is 31.6 Å². The number of thiazole rings is 1. The number of aromatic nitrogens is 1. The van der Waals surface area contributed by atoms with Crippen LogP contribution in [0.1, 0.15) is 54.0 Å². The zero-order chi connectivity index (χ0) is 25.4. The van der Waals surface area contributed by atoms with Gasteiger partial charge in [-0.25, -0.2) is 13.8 Å². The van der Waals surface area contributed by atoms with Gasteiger partial charge in [-0.3, -0.25) is 9.80 Å². The standard InChI is InChI=1S/C23H22F5N5O2S/c24-14-2-1-3-15(25)21(14)18-10-16(31-35-18)17-12-36-22(29-17)13-4-7-32(8-5-13)20(34)11-33-9-6-19(30-33)23(26,27)28/h1-3,12-13,18H,4-11H2. The Kier molecular flexibility index (Phi) is 6.66. The Morgan fingerprint density at radius 2 is 1.86 bits per heavy atom. The normalized spacial score (nSPS) is 21.0. The Balaban J connectivity index is 1.14. The summed E-state index contributed by atoms with van der Waals surface area (Å²) in [6, 6.07) is 3.65. The van der Waals surface area contributed by atoms with Gasteiger partial charge in [-0.1, -0.05) is 11.2 Å². The Labute approximate surface area is 207 Å². The molecular formula is C23H22F5N5O2S. The fourth-order valence-corrected chi connectivity index (χ4v) is 5.56. The van der Waals surface area contributed by atoms with Crippen molar-refractivity contribution in [2.75, 3.05) is 26.2 Å². The van der Waals surface area contributed by atoms with E-state index in [1.54, 1.807) is 4.90 Å². The summed E-state index contributed by atoms with van der Waals surface area (Å²) in [5.74, 6) is -1.50. The first kappa shape index (κ1) is 24.6. The second kappa shape index (κ2) is 9.75. The van der Waals surface area contributed by atoms with E-state index in [-0.39, 0.29) is 43.3 Å². The van der Waals surface area contributed by atoms with E-state index < -0.39 is 29.6 Å². The van der Waals surface area contributed by atoms with E-state index in [2.05, 4.69) is 15.2 Å². The number of hydrogen-bond acceptors (Lipinski definition) is 7. The van der Waals surface area contributed by atoms with E-state index in [0.717, 1.165) is 5.01 Å². The van der Waals surface area contributed by atoms with Gasteiger partial charge in [0.05, 0.1) is 16.3 Å².